The Labute approximate surface area is 76.7 Å². The molecule has 0 aromatic carbocycles. The van der Waals surface area contributed by atoms with E-state index in [4.69, 9.17) is 11.5 Å². The predicted octanol–water partition coefficient (Wildman–Crippen LogP) is 1.88. The molecule has 0 bridgehead atoms. The van der Waals surface area contributed by atoms with E-state index >= 15 is 0 Å². The van der Waals surface area contributed by atoms with Crippen molar-refractivity contribution in [1.29, 1.82) is 0 Å². The zero-order valence-corrected chi connectivity index (χ0v) is 8.98. The van der Waals surface area contributed by atoms with Crippen LogP contribution in [-0.2, 0) is 0 Å². The third kappa shape index (κ3) is 2.20. The Morgan fingerprint density at radius 3 is 1.58 bits per heavy atom. The molecule has 2 heteroatoms. The maximum atomic E-state index is 6.17. The minimum absolute atomic E-state index is 0.115. The van der Waals surface area contributed by atoms with Crippen molar-refractivity contribution in [2.45, 2.75) is 52.5 Å². The molecule has 0 aromatic heterocycles. The van der Waals surface area contributed by atoms with Crippen LogP contribution in [0, 0.1) is 5.41 Å². The van der Waals surface area contributed by atoms with Gasteiger partial charge in [-0.3, -0.25) is 0 Å². The second-order valence-electron chi connectivity index (χ2n) is 4.25. The molecule has 0 aliphatic carbocycles. The summed E-state index contributed by atoms with van der Waals surface area (Å²) in [5.74, 6) is 0. The summed E-state index contributed by atoms with van der Waals surface area (Å²) in [6, 6.07) is 0. The van der Waals surface area contributed by atoms with Crippen molar-refractivity contribution in [2.24, 2.45) is 16.9 Å². The van der Waals surface area contributed by atoms with Gasteiger partial charge < -0.3 is 11.5 Å². The molecule has 0 spiro atoms. The van der Waals surface area contributed by atoms with Crippen LogP contribution in [0.2, 0.25) is 0 Å². The fourth-order valence-electron chi connectivity index (χ4n) is 2.11. The summed E-state index contributed by atoms with van der Waals surface area (Å²) in [6.45, 7) is 9.36. The van der Waals surface area contributed by atoms with E-state index in [1.807, 2.05) is 0 Å². The standard InChI is InChI=1S/C10H24N2/c1-5-10(6-2,7-8-11)9(3,4)12/h5-8,11-12H2,1-4H3. The molecule has 0 unspecified atom stereocenters. The molecule has 0 aliphatic rings. The molecule has 0 radical (unpaired) electrons. The molecule has 0 amide bonds. The Morgan fingerprint density at radius 2 is 1.50 bits per heavy atom. The van der Waals surface area contributed by atoms with Crippen molar-refractivity contribution < 1.29 is 0 Å². The molecule has 0 heterocycles. The third-order valence-electron chi connectivity index (χ3n) is 3.34. The molecule has 2 nitrogen and oxygen atoms in total. The van der Waals surface area contributed by atoms with Crippen molar-refractivity contribution in [2.75, 3.05) is 6.54 Å². The fraction of sp³-hybridized carbons (Fsp3) is 1.00. The van der Waals surface area contributed by atoms with Crippen molar-refractivity contribution in [3.05, 3.63) is 0 Å². The molecule has 0 saturated heterocycles. The maximum Gasteiger partial charge on any atom is 0.0154 e. The van der Waals surface area contributed by atoms with Crippen LogP contribution in [0.5, 0.6) is 0 Å². The topological polar surface area (TPSA) is 52.0 Å². The predicted molar refractivity (Wildman–Crippen MR) is 55.0 cm³/mol. The SMILES string of the molecule is CCC(CC)(CCN)C(C)(C)N. The van der Waals surface area contributed by atoms with Crippen LogP contribution in [0.1, 0.15) is 47.0 Å². The number of hydrogen-bond donors (Lipinski definition) is 2. The monoisotopic (exact) mass is 172 g/mol. The fourth-order valence-corrected chi connectivity index (χ4v) is 2.11. The molecule has 74 valence electrons. The Balaban J connectivity index is 4.57. The third-order valence-corrected chi connectivity index (χ3v) is 3.34. The highest BCUT2D eigenvalue weighted by molar-refractivity contribution is 4.94. The van der Waals surface area contributed by atoms with E-state index in [-0.39, 0.29) is 11.0 Å². The van der Waals surface area contributed by atoms with Crippen LogP contribution in [0.15, 0.2) is 0 Å². The molecular formula is C10H24N2. The summed E-state index contributed by atoms with van der Waals surface area (Å²) in [5.41, 5.74) is 11.9. The lowest BCUT2D eigenvalue weighted by atomic mass is 9.66. The quantitative estimate of drug-likeness (QED) is 0.665. The van der Waals surface area contributed by atoms with Gasteiger partial charge in [-0.1, -0.05) is 13.8 Å². The molecule has 0 fully saturated rings. The van der Waals surface area contributed by atoms with Gasteiger partial charge in [0.15, 0.2) is 0 Å². The molecule has 12 heavy (non-hydrogen) atoms. The summed E-state index contributed by atoms with van der Waals surface area (Å²) < 4.78 is 0. The molecule has 0 saturated carbocycles. The van der Waals surface area contributed by atoms with Gasteiger partial charge in [0.2, 0.25) is 0 Å². The highest BCUT2D eigenvalue weighted by atomic mass is 14.8. The van der Waals surface area contributed by atoms with E-state index < -0.39 is 0 Å². The van der Waals surface area contributed by atoms with Gasteiger partial charge in [0.25, 0.3) is 0 Å². The maximum absolute atomic E-state index is 6.17. The first kappa shape index (κ1) is 11.9. The smallest absolute Gasteiger partial charge is 0.0154 e. The summed E-state index contributed by atoms with van der Waals surface area (Å²) in [7, 11) is 0. The minimum Gasteiger partial charge on any atom is -0.330 e. The van der Waals surface area contributed by atoms with Crippen LogP contribution in [0.3, 0.4) is 0 Å². The van der Waals surface area contributed by atoms with Crippen molar-refractivity contribution in [3.8, 4) is 0 Å². The van der Waals surface area contributed by atoms with E-state index in [1.165, 1.54) is 0 Å². The number of hydrogen-bond acceptors (Lipinski definition) is 2. The number of nitrogens with two attached hydrogens (primary N) is 2. The molecule has 0 rings (SSSR count). The lowest BCUT2D eigenvalue weighted by Crippen LogP contribution is -2.51. The average Bonchev–Trinajstić information content (AvgIpc) is 1.98. The van der Waals surface area contributed by atoms with E-state index in [9.17, 15) is 0 Å². The minimum atomic E-state index is -0.115. The van der Waals surface area contributed by atoms with Crippen LogP contribution >= 0.6 is 0 Å². The molecule has 0 aromatic rings. The summed E-state index contributed by atoms with van der Waals surface area (Å²) in [5, 5.41) is 0. The Morgan fingerprint density at radius 1 is 1.08 bits per heavy atom. The highest BCUT2D eigenvalue weighted by Gasteiger charge is 2.38. The van der Waals surface area contributed by atoms with E-state index in [2.05, 4.69) is 27.7 Å². The second-order valence-corrected chi connectivity index (χ2v) is 4.25. The Kier molecular flexibility index (Phi) is 4.21. The lowest BCUT2D eigenvalue weighted by Gasteiger charge is -2.43. The van der Waals surface area contributed by atoms with Gasteiger partial charge in [-0.15, -0.1) is 0 Å². The lowest BCUT2D eigenvalue weighted by molar-refractivity contribution is 0.124. The van der Waals surface area contributed by atoms with E-state index in [0.29, 0.717) is 0 Å². The van der Waals surface area contributed by atoms with Crippen molar-refractivity contribution >= 4 is 0 Å². The van der Waals surface area contributed by atoms with Gasteiger partial charge in [-0.2, -0.15) is 0 Å². The van der Waals surface area contributed by atoms with Gasteiger partial charge in [-0.25, -0.2) is 0 Å². The van der Waals surface area contributed by atoms with Crippen LogP contribution in [-0.4, -0.2) is 12.1 Å². The van der Waals surface area contributed by atoms with Crippen LogP contribution in [0.25, 0.3) is 0 Å². The summed E-state index contributed by atoms with van der Waals surface area (Å²) in [6.07, 6.45) is 3.26. The first-order valence-corrected chi connectivity index (χ1v) is 4.92. The molecule has 4 N–H and O–H groups in total. The van der Waals surface area contributed by atoms with Gasteiger partial charge in [-0.05, 0) is 45.1 Å². The van der Waals surface area contributed by atoms with Gasteiger partial charge in [0.05, 0.1) is 0 Å². The largest absolute Gasteiger partial charge is 0.330 e. The summed E-state index contributed by atoms with van der Waals surface area (Å²) >= 11 is 0. The zero-order valence-electron chi connectivity index (χ0n) is 8.98. The Bertz CT molecular complexity index is 120. The second kappa shape index (κ2) is 4.24. The van der Waals surface area contributed by atoms with Crippen LogP contribution < -0.4 is 11.5 Å². The zero-order chi connectivity index (χ0) is 9.83. The molecule has 0 atom stereocenters. The normalized spacial score (nSPS) is 13.5. The average molecular weight is 172 g/mol. The van der Waals surface area contributed by atoms with E-state index in [0.717, 1.165) is 25.8 Å². The van der Waals surface area contributed by atoms with Gasteiger partial charge in [0.1, 0.15) is 0 Å². The van der Waals surface area contributed by atoms with Gasteiger partial charge >= 0.3 is 0 Å². The van der Waals surface area contributed by atoms with Crippen LogP contribution in [0.4, 0.5) is 0 Å². The van der Waals surface area contributed by atoms with Gasteiger partial charge in [0, 0.05) is 5.54 Å². The first-order chi connectivity index (χ1) is 5.43. The summed E-state index contributed by atoms with van der Waals surface area (Å²) in [4.78, 5) is 0. The Hall–Kier alpha value is -0.0800. The highest BCUT2D eigenvalue weighted by Crippen LogP contribution is 2.39. The first-order valence-electron chi connectivity index (χ1n) is 4.92. The van der Waals surface area contributed by atoms with E-state index in [1.54, 1.807) is 0 Å². The van der Waals surface area contributed by atoms with Crippen molar-refractivity contribution in [3.63, 3.8) is 0 Å². The van der Waals surface area contributed by atoms with Crippen molar-refractivity contribution in [1.82, 2.24) is 0 Å². The number of rotatable bonds is 5. The molecule has 0 aliphatic heterocycles. The molecular weight excluding hydrogens is 148 g/mol.